The average Bonchev–Trinajstić information content (AvgIpc) is 2.43. The monoisotopic (exact) mass is 456 g/mol. The van der Waals surface area contributed by atoms with Crippen LogP contribution in [0.5, 0.6) is 0 Å². The molecule has 0 aromatic heterocycles. The summed E-state index contributed by atoms with van der Waals surface area (Å²) in [4.78, 5) is 0. The molecule has 28 heavy (non-hydrogen) atoms. The summed E-state index contributed by atoms with van der Waals surface area (Å²) in [7, 11) is 0. The maximum Gasteiger partial charge on any atom is 0.460 e. The number of rotatable bonds is 8. The van der Waals surface area contributed by atoms with E-state index in [1.165, 1.54) is 0 Å². The van der Waals surface area contributed by atoms with Crippen LogP contribution in [0.1, 0.15) is 26.7 Å². The fourth-order valence-electron chi connectivity index (χ4n) is 1.71. The lowest BCUT2D eigenvalue weighted by atomic mass is 9.86. The third-order valence-electron chi connectivity index (χ3n) is 3.76. The highest BCUT2D eigenvalue weighted by Crippen LogP contribution is 2.63. The number of hydrogen-bond donors (Lipinski definition) is 1. The minimum atomic E-state index is -8.30. The molecule has 0 aromatic carbocycles. The Hall–Kier alpha value is -1.09. The highest BCUT2D eigenvalue weighted by atomic mass is 19.4. The van der Waals surface area contributed by atoms with Crippen LogP contribution in [0.25, 0.3) is 0 Å². The van der Waals surface area contributed by atoms with Crippen LogP contribution in [-0.4, -0.2) is 52.4 Å². The van der Waals surface area contributed by atoms with Gasteiger partial charge in [-0.15, -0.1) is 0 Å². The van der Waals surface area contributed by atoms with Gasteiger partial charge in [-0.3, -0.25) is 0 Å². The van der Waals surface area contributed by atoms with E-state index < -0.39 is 60.2 Å². The highest BCUT2D eigenvalue weighted by molar-refractivity contribution is 5.13. The molecule has 0 saturated heterocycles. The predicted molar refractivity (Wildman–Crippen MR) is 61.3 cm³/mol. The van der Waals surface area contributed by atoms with Crippen LogP contribution in [0.2, 0.25) is 0 Å². The Morgan fingerprint density at radius 1 is 0.536 bits per heavy atom. The summed E-state index contributed by atoms with van der Waals surface area (Å²) in [5.74, 6) is -46.7. The van der Waals surface area contributed by atoms with E-state index in [1.54, 1.807) is 0 Å². The fraction of sp³-hybridized carbons (Fsp3) is 1.00. The molecule has 0 aromatic rings. The zero-order valence-electron chi connectivity index (χ0n) is 13.5. The van der Waals surface area contributed by atoms with Gasteiger partial charge >= 0.3 is 41.7 Å². The van der Waals surface area contributed by atoms with E-state index in [9.17, 15) is 71.0 Å². The van der Waals surface area contributed by atoms with E-state index in [0.717, 1.165) is 6.92 Å². The molecule has 1 N–H and O–H groups in total. The molecule has 0 radical (unpaired) electrons. The summed E-state index contributed by atoms with van der Waals surface area (Å²) < 4.78 is 193. The van der Waals surface area contributed by atoms with E-state index in [4.69, 9.17) is 0 Å². The van der Waals surface area contributed by atoms with E-state index >= 15 is 0 Å². The van der Waals surface area contributed by atoms with E-state index in [0.29, 0.717) is 6.92 Å². The zero-order valence-corrected chi connectivity index (χ0v) is 13.5. The molecular formula is C12H11F15O. The second kappa shape index (κ2) is 6.72. The molecule has 0 saturated carbocycles. The maximum atomic E-state index is 13.5. The van der Waals surface area contributed by atoms with Crippen molar-refractivity contribution >= 4 is 0 Å². The normalized spacial score (nSPS) is 18.2. The topological polar surface area (TPSA) is 20.2 Å². The number of alkyl halides is 15. The van der Waals surface area contributed by atoms with Gasteiger partial charge in [-0.2, -0.15) is 65.9 Å². The quantitative estimate of drug-likeness (QED) is 0.451. The van der Waals surface area contributed by atoms with Gasteiger partial charge in [-0.25, -0.2) is 0 Å². The molecule has 0 aliphatic heterocycles. The molecule has 0 fully saturated rings. The van der Waals surface area contributed by atoms with Crippen molar-refractivity contribution < 1.29 is 71.0 Å². The van der Waals surface area contributed by atoms with Gasteiger partial charge in [-0.1, -0.05) is 6.92 Å². The molecule has 16 heteroatoms. The first-order valence-corrected chi connectivity index (χ1v) is 6.83. The molecule has 170 valence electrons. The summed E-state index contributed by atoms with van der Waals surface area (Å²) in [5, 5.41) is 9.22. The minimum absolute atomic E-state index is 0.333. The summed E-state index contributed by atoms with van der Waals surface area (Å²) in [6.45, 7) is 1.17. The Balaban J connectivity index is 6.47. The van der Waals surface area contributed by atoms with Crippen LogP contribution in [0.15, 0.2) is 0 Å². The Labute approximate surface area is 146 Å². The van der Waals surface area contributed by atoms with Crippen molar-refractivity contribution in [1.82, 2.24) is 0 Å². The lowest BCUT2D eigenvalue weighted by Gasteiger charge is -2.42. The largest absolute Gasteiger partial charge is 0.460 e. The van der Waals surface area contributed by atoms with Crippen molar-refractivity contribution in [2.24, 2.45) is 0 Å². The first kappa shape index (κ1) is 26.9. The van der Waals surface area contributed by atoms with Gasteiger partial charge in [0.1, 0.15) is 0 Å². The summed E-state index contributed by atoms with van der Waals surface area (Å²) in [6, 6.07) is 0. The van der Waals surface area contributed by atoms with Gasteiger partial charge < -0.3 is 5.11 Å². The second-order valence-corrected chi connectivity index (χ2v) is 6.10. The molecule has 0 amide bonds. The molecule has 1 atom stereocenters. The smallest absolute Gasteiger partial charge is 0.390 e. The summed E-state index contributed by atoms with van der Waals surface area (Å²) in [6.07, 6.45) is -11.2. The number of halogens is 15. The molecule has 0 rings (SSSR count). The van der Waals surface area contributed by atoms with E-state index in [-0.39, 0.29) is 0 Å². The lowest BCUT2D eigenvalue weighted by Crippen LogP contribution is -2.72. The maximum absolute atomic E-state index is 13.5. The molecule has 1 unspecified atom stereocenters. The van der Waals surface area contributed by atoms with Crippen LogP contribution in [-0.2, 0) is 0 Å². The van der Waals surface area contributed by atoms with Gasteiger partial charge in [0.05, 0.1) is 5.60 Å². The van der Waals surface area contributed by atoms with Crippen molar-refractivity contribution in [3.05, 3.63) is 0 Å². The molecule has 0 spiro atoms. The van der Waals surface area contributed by atoms with Gasteiger partial charge in [-0.05, 0) is 13.3 Å². The third kappa shape index (κ3) is 3.72. The van der Waals surface area contributed by atoms with Gasteiger partial charge in [0.25, 0.3) is 0 Å². The Kier molecular flexibility index (Phi) is 6.46. The average molecular weight is 456 g/mol. The van der Waals surface area contributed by atoms with Crippen LogP contribution in [0.3, 0.4) is 0 Å². The summed E-state index contributed by atoms with van der Waals surface area (Å²) >= 11 is 0. The molecule has 0 aliphatic rings. The number of aliphatic hydroxyl groups is 1. The van der Waals surface area contributed by atoms with Gasteiger partial charge in [0.2, 0.25) is 0 Å². The van der Waals surface area contributed by atoms with E-state index in [2.05, 4.69) is 0 Å². The second-order valence-electron chi connectivity index (χ2n) is 6.10. The SMILES string of the molecule is CCC(C)(O)CC(F)(F)C(F)(F)C(F)(F)C(F)(F)C(F)(F)C(F)(F)C(F)(F)F. The standard InChI is InChI=1S/C12H11F15O/c1-3-5(2,28)4-6(13,14)7(15,16)8(17,18)9(19,20)10(21,22)11(23,24)12(25,26)27/h28H,3-4H2,1-2H3. The first-order chi connectivity index (χ1) is 11.8. The van der Waals surface area contributed by atoms with Gasteiger partial charge in [0.15, 0.2) is 0 Å². The molecule has 0 bridgehead atoms. The Morgan fingerprint density at radius 3 is 1.11 bits per heavy atom. The predicted octanol–water partition coefficient (Wildman–Crippen LogP) is 5.91. The van der Waals surface area contributed by atoms with E-state index in [1.807, 2.05) is 0 Å². The minimum Gasteiger partial charge on any atom is -0.390 e. The zero-order chi connectivity index (χ0) is 23.4. The van der Waals surface area contributed by atoms with Crippen LogP contribution < -0.4 is 0 Å². The fourth-order valence-corrected chi connectivity index (χ4v) is 1.71. The Morgan fingerprint density at radius 2 is 0.821 bits per heavy atom. The summed E-state index contributed by atoms with van der Waals surface area (Å²) in [5.41, 5.74) is -2.95. The van der Waals surface area contributed by atoms with Crippen LogP contribution >= 0.6 is 0 Å². The Bertz CT molecular complexity index is 560. The van der Waals surface area contributed by atoms with Crippen molar-refractivity contribution in [2.75, 3.05) is 0 Å². The lowest BCUT2D eigenvalue weighted by molar-refractivity contribution is -0.453. The van der Waals surface area contributed by atoms with Crippen LogP contribution in [0.4, 0.5) is 65.9 Å². The first-order valence-electron chi connectivity index (χ1n) is 6.83. The molecule has 1 nitrogen and oxygen atoms in total. The van der Waals surface area contributed by atoms with Crippen LogP contribution in [0, 0.1) is 0 Å². The van der Waals surface area contributed by atoms with Gasteiger partial charge in [0, 0.05) is 6.42 Å². The number of hydrogen-bond acceptors (Lipinski definition) is 1. The van der Waals surface area contributed by atoms with Crippen molar-refractivity contribution in [1.29, 1.82) is 0 Å². The molecule has 0 aliphatic carbocycles. The third-order valence-corrected chi connectivity index (χ3v) is 3.76. The van der Waals surface area contributed by atoms with Crippen molar-refractivity contribution in [3.63, 3.8) is 0 Å². The molecule has 0 heterocycles. The molecular weight excluding hydrogens is 445 g/mol. The van der Waals surface area contributed by atoms with Crippen molar-refractivity contribution in [3.8, 4) is 0 Å². The highest BCUT2D eigenvalue weighted by Gasteiger charge is 2.93. The van der Waals surface area contributed by atoms with Crippen molar-refractivity contribution in [2.45, 2.75) is 74.0 Å².